The summed E-state index contributed by atoms with van der Waals surface area (Å²) in [5.74, 6) is 0.116. The molecule has 0 aromatic heterocycles. The van der Waals surface area contributed by atoms with Crippen LogP contribution in [-0.2, 0) is 14.8 Å². The smallest absolute Gasteiger partial charge is 0.229 e. The summed E-state index contributed by atoms with van der Waals surface area (Å²) in [6.07, 6.45) is 3.81. The number of nitrogens with one attached hydrogen (secondary N) is 1. The second kappa shape index (κ2) is 13.0. The first-order chi connectivity index (χ1) is 17.5. The van der Waals surface area contributed by atoms with E-state index in [-0.39, 0.29) is 42.1 Å². The monoisotopic (exact) mass is 584 g/mol. The lowest BCUT2D eigenvalue weighted by Crippen LogP contribution is -2.57. The minimum Gasteiger partial charge on any atom is -0.330 e. The molecule has 1 amide bonds. The Kier molecular flexibility index (Phi) is 10.5. The molecular weight excluding hydrogens is 551 g/mol. The van der Waals surface area contributed by atoms with Crippen LogP contribution in [0.1, 0.15) is 62.6 Å². The van der Waals surface area contributed by atoms with E-state index in [1.54, 1.807) is 6.08 Å². The van der Waals surface area contributed by atoms with Gasteiger partial charge in [0, 0.05) is 34.4 Å². The van der Waals surface area contributed by atoms with Crippen LogP contribution in [0.15, 0.2) is 61.2 Å². The third kappa shape index (κ3) is 7.30. The minimum absolute atomic E-state index is 0.0163. The molecule has 4 unspecified atom stereocenters. The zero-order valence-corrected chi connectivity index (χ0v) is 24.4. The predicted molar refractivity (Wildman–Crippen MR) is 154 cm³/mol. The van der Waals surface area contributed by atoms with Crippen LogP contribution in [0.25, 0.3) is 0 Å². The average molecular weight is 586 g/mol. The minimum atomic E-state index is -3.53. The molecule has 2 aromatic carbocycles. The number of halogens is 3. The number of carbonyl (C=O) groups excluding carboxylic acids is 1. The topological polar surface area (TPSA) is 66.5 Å². The number of rotatable bonds is 12. The van der Waals surface area contributed by atoms with E-state index >= 15 is 0 Å². The van der Waals surface area contributed by atoms with E-state index in [2.05, 4.69) is 11.3 Å². The van der Waals surface area contributed by atoms with Gasteiger partial charge in [-0.2, -0.15) is 0 Å². The maximum absolute atomic E-state index is 14.3. The molecule has 1 heterocycles. The number of amides is 1. The lowest BCUT2D eigenvalue weighted by molar-refractivity contribution is -0.154. The number of allylic oxidation sites excluding steroid dienone is 1. The molecule has 9 heteroatoms. The molecule has 0 radical (unpaired) electrons. The van der Waals surface area contributed by atoms with Crippen molar-refractivity contribution in [1.82, 2.24) is 9.62 Å². The van der Waals surface area contributed by atoms with E-state index in [4.69, 9.17) is 34.8 Å². The summed E-state index contributed by atoms with van der Waals surface area (Å²) in [5.41, 5.74) is 1.26. The van der Waals surface area contributed by atoms with Gasteiger partial charge >= 0.3 is 0 Å². The van der Waals surface area contributed by atoms with Crippen molar-refractivity contribution in [3.63, 3.8) is 0 Å². The Morgan fingerprint density at radius 1 is 1.16 bits per heavy atom. The summed E-state index contributed by atoms with van der Waals surface area (Å²) in [5, 5.41) is 1.23. The molecule has 37 heavy (non-hydrogen) atoms. The van der Waals surface area contributed by atoms with Gasteiger partial charge in [0.05, 0.1) is 17.2 Å². The normalized spacial score (nSPS) is 23.2. The van der Waals surface area contributed by atoms with Gasteiger partial charge in [-0.15, -0.1) is 18.2 Å². The van der Waals surface area contributed by atoms with Gasteiger partial charge in [-0.3, -0.25) is 4.79 Å². The molecule has 1 saturated heterocycles. The number of sulfonamides is 1. The van der Waals surface area contributed by atoms with E-state index in [1.807, 2.05) is 67.3 Å². The number of alkyl halides is 1. The number of benzene rings is 2. The van der Waals surface area contributed by atoms with E-state index in [0.29, 0.717) is 35.7 Å². The van der Waals surface area contributed by atoms with E-state index < -0.39 is 15.4 Å². The Labute approximate surface area is 236 Å². The van der Waals surface area contributed by atoms with Crippen LogP contribution in [0.4, 0.5) is 0 Å². The summed E-state index contributed by atoms with van der Waals surface area (Å²) in [6, 6.07) is 14.6. The van der Waals surface area contributed by atoms with Crippen LogP contribution in [0, 0.1) is 5.41 Å². The highest BCUT2D eigenvalue weighted by molar-refractivity contribution is 7.89. The van der Waals surface area contributed by atoms with Crippen molar-refractivity contribution in [1.29, 1.82) is 0 Å². The number of likely N-dealkylation sites (tertiary alicyclic amines) is 1. The second-order valence-electron chi connectivity index (χ2n) is 9.90. The fraction of sp³-hybridized carbons (Fsp3) is 0.464. The summed E-state index contributed by atoms with van der Waals surface area (Å²) in [4.78, 5) is 16.2. The fourth-order valence-corrected chi connectivity index (χ4v) is 7.00. The molecule has 5 nitrogen and oxygen atoms in total. The Morgan fingerprint density at radius 2 is 1.86 bits per heavy atom. The van der Waals surface area contributed by atoms with Gasteiger partial charge in [0.1, 0.15) is 0 Å². The average Bonchev–Trinajstić information content (AvgIpc) is 2.86. The third-order valence-electron chi connectivity index (χ3n) is 7.14. The van der Waals surface area contributed by atoms with E-state index in [1.165, 1.54) is 0 Å². The molecule has 0 bridgehead atoms. The third-order valence-corrected chi connectivity index (χ3v) is 9.32. The first-order valence-electron chi connectivity index (χ1n) is 12.5. The van der Waals surface area contributed by atoms with Crippen LogP contribution in [0.5, 0.6) is 0 Å². The van der Waals surface area contributed by atoms with Gasteiger partial charge in [-0.1, -0.05) is 67.4 Å². The van der Waals surface area contributed by atoms with Crippen molar-refractivity contribution in [2.75, 3.05) is 18.2 Å². The Hall–Kier alpha value is -1.57. The number of piperidine rings is 1. The molecule has 1 N–H and O–H groups in total. The van der Waals surface area contributed by atoms with Crippen molar-refractivity contribution < 1.29 is 13.2 Å². The Balaban J connectivity index is 2.13. The lowest BCUT2D eigenvalue weighted by Gasteiger charge is -2.52. The highest BCUT2D eigenvalue weighted by Crippen LogP contribution is 2.52. The van der Waals surface area contributed by atoms with Crippen LogP contribution >= 0.6 is 34.8 Å². The number of nitrogens with zero attached hydrogens (tertiary/aromatic N) is 1. The number of carbonyl (C=O) groups is 1. The molecule has 0 saturated carbocycles. The van der Waals surface area contributed by atoms with Crippen molar-refractivity contribution in [2.24, 2.45) is 5.41 Å². The molecule has 202 valence electrons. The van der Waals surface area contributed by atoms with E-state index in [9.17, 15) is 13.2 Å². The highest BCUT2D eigenvalue weighted by Gasteiger charge is 2.50. The zero-order valence-electron chi connectivity index (χ0n) is 21.3. The standard InChI is InChI=1S/C28H35Cl3N2O3S/c1-4-14-28(3)18-25(21-8-6-9-23(31)17-21)26(20-10-12-22(30)13-11-20)33(27(28)34)24(5-2)19-32-37(35,36)16-7-15-29/h4,6,8-13,17,24-26,32H,1,5,7,14-16,18-19H2,2-3H3. The molecule has 2 aromatic rings. The predicted octanol–water partition coefficient (Wildman–Crippen LogP) is 6.96. The highest BCUT2D eigenvalue weighted by atomic mass is 35.5. The lowest BCUT2D eigenvalue weighted by atomic mass is 9.67. The molecule has 0 spiro atoms. The largest absolute Gasteiger partial charge is 0.330 e. The van der Waals surface area contributed by atoms with Gasteiger partial charge in [0.15, 0.2) is 0 Å². The summed E-state index contributed by atoms with van der Waals surface area (Å²) >= 11 is 18.3. The number of hydrogen-bond acceptors (Lipinski definition) is 3. The van der Waals surface area contributed by atoms with Crippen molar-refractivity contribution >= 4 is 50.7 Å². The van der Waals surface area contributed by atoms with Gasteiger partial charge in [-0.05, 0) is 61.1 Å². The molecule has 0 aliphatic carbocycles. The number of hydrogen-bond donors (Lipinski definition) is 1. The fourth-order valence-electron chi connectivity index (χ4n) is 5.27. The summed E-state index contributed by atoms with van der Waals surface area (Å²) in [7, 11) is -3.53. The first-order valence-corrected chi connectivity index (χ1v) is 15.5. The molecule has 3 rings (SSSR count). The Morgan fingerprint density at radius 3 is 2.46 bits per heavy atom. The first kappa shape index (κ1) is 30.0. The van der Waals surface area contributed by atoms with Gasteiger partial charge < -0.3 is 4.90 Å². The van der Waals surface area contributed by atoms with Crippen molar-refractivity contribution in [3.05, 3.63) is 82.4 Å². The van der Waals surface area contributed by atoms with Crippen molar-refractivity contribution in [3.8, 4) is 0 Å². The van der Waals surface area contributed by atoms with Crippen molar-refractivity contribution in [2.45, 2.75) is 57.5 Å². The molecule has 1 aliphatic rings. The Bertz CT molecular complexity index is 1190. The zero-order chi connectivity index (χ0) is 27.2. The molecule has 1 aliphatic heterocycles. The van der Waals surface area contributed by atoms with Gasteiger partial charge in [0.2, 0.25) is 15.9 Å². The van der Waals surface area contributed by atoms with E-state index in [0.717, 1.165) is 11.1 Å². The summed E-state index contributed by atoms with van der Waals surface area (Å²) < 4.78 is 27.9. The molecule has 1 fully saturated rings. The van der Waals surface area contributed by atoms with Crippen LogP contribution < -0.4 is 4.72 Å². The van der Waals surface area contributed by atoms with Crippen LogP contribution in [-0.4, -0.2) is 43.4 Å². The molecular formula is C28H35Cl3N2O3S. The molecule has 4 atom stereocenters. The maximum Gasteiger partial charge on any atom is 0.229 e. The van der Waals surface area contributed by atoms with Crippen LogP contribution in [0.3, 0.4) is 0 Å². The van der Waals surface area contributed by atoms with Gasteiger partial charge in [0.25, 0.3) is 0 Å². The van der Waals surface area contributed by atoms with Gasteiger partial charge in [-0.25, -0.2) is 13.1 Å². The SMILES string of the molecule is C=CCC1(C)CC(c2cccc(Cl)c2)C(c2ccc(Cl)cc2)N(C(CC)CNS(=O)(=O)CCCCl)C1=O. The van der Waals surface area contributed by atoms with Crippen LogP contribution in [0.2, 0.25) is 10.0 Å². The maximum atomic E-state index is 14.3. The quantitative estimate of drug-likeness (QED) is 0.216. The second-order valence-corrected chi connectivity index (χ2v) is 13.1. The summed E-state index contributed by atoms with van der Waals surface area (Å²) in [6.45, 7) is 7.97.